The van der Waals surface area contributed by atoms with Gasteiger partial charge in [-0.25, -0.2) is 23.4 Å². The molecule has 6 aromatic rings. The van der Waals surface area contributed by atoms with Crippen molar-refractivity contribution in [2.45, 2.75) is 74.5 Å². The standard InChI is InChI=1S/C31H37FN4O4S.C29H31FN2O3.C2H8N2O2S/c1-34(2)41(39,40)33-30(37)28-21-27(35(3)20-10-11-23-16-18-26(32)19-17-23)22-36(28)31(38)29(24-12-6-4-7-13-24)25-14-8-5-9-15-25;1-31(18-8-9-21-14-16-24(30)17-15-21)25-19-26(29(34)35)32(20-25)28(33)27(22-10-4-2-5-11-22)23-12-6-3-7-13-23;1-4(2)7(3,5)6/h4-9,12-19,27-29H,10-11,20-22H2,1-3H3,(H,33,37);2-7,10-17,25-27H,8-9,18-20H2,1H3,(H,34,35);1-2H3,(H2,3,5,6)/t27-,28-;25-,26-;/m00./s1. The van der Waals surface area contributed by atoms with Crippen molar-refractivity contribution in [1.82, 2.24) is 32.9 Å². The number of amides is 3. The fourth-order valence-corrected chi connectivity index (χ4v) is 10.7. The van der Waals surface area contributed by atoms with Crippen LogP contribution in [0.5, 0.6) is 0 Å². The fourth-order valence-electron chi connectivity index (χ4n) is 10.1. The summed E-state index contributed by atoms with van der Waals surface area (Å²) in [5.41, 5.74) is 5.38. The fraction of sp³-hybridized carbons (Fsp3) is 0.355. The summed E-state index contributed by atoms with van der Waals surface area (Å²) in [6.07, 6.45) is 3.92. The van der Waals surface area contributed by atoms with E-state index in [1.807, 2.05) is 135 Å². The molecule has 0 unspecified atom stereocenters. The summed E-state index contributed by atoms with van der Waals surface area (Å²) in [5.74, 6) is -3.86. The van der Waals surface area contributed by atoms with E-state index < -0.39 is 56.2 Å². The molecule has 0 aromatic heterocycles. The van der Waals surface area contributed by atoms with E-state index in [9.17, 15) is 49.9 Å². The second kappa shape index (κ2) is 30.4. The van der Waals surface area contributed by atoms with Gasteiger partial charge in [-0.15, -0.1) is 0 Å². The Balaban J connectivity index is 0.000000241. The number of rotatable bonds is 21. The Morgan fingerprint density at radius 1 is 0.530 bits per heavy atom. The van der Waals surface area contributed by atoms with Gasteiger partial charge in [0.2, 0.25) is 11.8 Å². The highest BCUT2D eigenvalue weighted by molar-refractivity contribution is 7.87. The lowest BCUT2D eigenvalue weighted by molar-refractivity contribution is -0.148. The van der Waals surface area contributed by atoms with Gasteiger partial charge in [0.25, 0.3) is 16.1 Å². The second-order valence-corrected chi connectivity index (χ2v) is 24.8. The monoisotopic (exact) mass is 1180 g/mol. The van der Waals surface area contributed by atoms with E-state index in [0.29, 0.717) is 25.9 Å². The van der Waals surface area contributed by atoms with Crippen LogP contribution in [0.1, 0.15) is 70.9 Å². The Morgan fingerprint density at radius 2 is 0.843 bits per heavy atom. The van der Waals surface area contributed by atoms with Crippen LogP contribution in [-0.2, 0) is 52.4 Å². The van der Waals surface area contributed by atoms with Crippen molar-refractivity contribution in [3.05, 3.63) is 215 Å². The van der Waals surface area contributed by atoms with Crippen molar-refractivity contribution in [1.29, 1.82) is 0 Å². The SMILES string of the molecule is CN(C)S(N)(=O)=O.CN(CCCc1ccc(F)cc1)[C@H]1C[C@@H](C(=O)NS(=O)(=O)N(C)C)N(C(=O)C(c2ccccc2)c2ccccc2)C1.CN(CCCc1ccc(F)cc1)[C@H]1C[C@@H](C(=O)O)N(C(=O)C(c2ccccc2)c2ccccc2)C1. The molecule has 0 bridgehead atoms. The minimum atomic E-state index is -4.04. The molecule has 83 heavy (non-hydrogen) atoms. The Bertz CT molecular complexity index is 3190. The van der Waals surface area contributed by atoms with E-state index in [1.54, 1.807) is 29.2 Å². The third kappa shape index (κ3) is 18.6. The molecule has 8 rings (SSSR count). The second-order valence-electron chi connectivity index (χ2n) is 21.1. The minimum Gasteiger partial charge on any atom is -0.480 e. The Hall–Kier alpha value is -7.24. The van der Waals surface area contributed by atoms with Gasteiger partial charge in [-0.3, -0.25) is 14.4 Å². The zero-order chi connectivity index (χ0) is 60.4. The number of likely N-dealkylation sites (tertiary alicyclic amines) is 2. The van der Waals surface area contributed by atoms with Crippen LogP contribution in [0.3, 0.4) is 0 Å². The molecule has 17 nitrogen and oxygen atoms in total. The molecule has 21 heteroatoms. The maximum Gasteiger partial charge on any atom is 0.326 e. The third-order valence-corrected chi connectivity index (χ3v) is 17.4. The molecule has 2 aliphatic heterocycles. The minimum absolute atomic E-state index is 0.0412. The van der Waals surface area contributed by atoms with Crippen molar-refractivity contribution in [3.63, 3.8) is 0 Å². The van der Waals surface area contributed by atoms with E-state index in [4.69, 9.17) is 0 Å². The van der Waals surface area contributed by atoms with Gasteiger partial charge in [0.05, 0.1) is 11.8 Å². The first-order valence-corrected chi connectivity index (χ1v) is 30.3. The molecule has 3 amide bonds. The van der Waals surface area contributed by atoms with Crippen molar-refractivity contribution < 1.29 is 49.9 Å². The highest BCUT2D eigenvalue weighted by Gasteiger charge is 2.45. The first-order chi connectivity index (χ1) is 39.4. The average Bonchev–Trinajstić information content (AvgIpc) is 4.34. The van der Waals surface area contributed by atoms with Crippen LogP contribution < -0.4 is 9.86 Å². The quantitative estimate of drug-likeness (QED) is 0.0686. The number of carbonyl (C=O) groups is 4. The number of benzene rings is 6. The number of carboxylic acids is 1. The lowest BCUT2D eigenvalue weighted by Crippen LogP contribution is -2.51. The Labute approximate surface area is 487 Å². The van der Waals surface area contributed by atoms with Crippen LogP contribution >= 0.6 is 0 Å². The van der Waals surface area contributed by atoms with Crippen molar-refractivity contribution in [2.24, 2.45) is 5.14 Å². The number of hydrogen-bond acceptors (Lipinski definition) is 10. The van der Waals surface area contributed by atoms with Crippen molar-refractivity contribution in [2.75, 3.05) is 68.5 Å². The molecule has 0 spiro atoms. The van der Waals surface area contributed by atoms with Crippen molar-refractivity contribution >= 4 is 44.1 Å². The highest BCUT2D eigenvalue weighted by atomic mass is 32.2. The van der Waals surface area contributed by atoms with E-state index in [1.165, 1.54) is 57.4 Å². The van der Waals surface area contributed by atoms with Crippen molar-refractivity contribution in [3.8, 4) is 0 Å². The molecule has 4 N–H and O–H groups in total. The number of likely N-dealkylation sites (N-methyl/N-ethyl adjacent to an activating group) is 2. The van der Waals surface area contributed by atoms with Crippen LogP contribution in [0.4, 0.5) is 8.78 Å². The molecule has 2 heterocycles. The van der Waals surface area contributed by atoms with Gasteiger partial charge < -0.3 is 24.7 Å². The van der Waals surface area contributed by atoms with Gasteiger partial charge in [-0.05, 0) is 123 Å². The van der Waals surface area contributed by atoms with Gasteiger partial charge in [0.15, 0.2) is 0 Å². The number of carboxylic acid groups (broad SMARTS) is 1. The van der Waals surface area contributed by atoms with Crippen LogP contribution in [0.2, 0.25) is 0 Å². The van der Waals surface area contributed by atoms with Crippen LogP contribution in [0.25, 0.3) is 0 Å². The Morgan fingerprint density at radius 3 is 1.14 bits per heavy atom. The molecule has 0 saturated carbocycles. The molecule has 2 saturated heterocycles. The number of carbonyl (C=O) groups excluding carboxylic acids is 3. The number of aryl methyl sites for hydroxylation is 2. The highest BCUT2D eigenvalue weighted by Crippen LogP contribution is 2.34. The van der Waals surface area contributed by atoms with Gasteiger partial charge in [0.1, 0.15) is 23.7 Å². The summed E-state index contributed by atoms with van der Waals surface area (Å²) < 4.78 is 75.5. The number of nitrogens with zero attached hydrogens (tertiary/aromatic N) is 6. The smallest absolute Gasteiger partial charge is 0.326 e. The number of hydrogen-bond donors (Lipinski definition) is 3. The lowest BCUT2D eigenvalue weighted by Gasteiger charge is -2.29. The van der Waals surface area contributed by atoms with Crippen LogP contribution in [0.15, 0.2) is 170 Å². The number of nitrogens with two attached hydrogens (primary N) is 1. The molecule has 0 aliphatic carbocycles. The summed E-state index contributed by atoms with van der Waals surface area (Å²) in [6.45, 7) is 2.10. The van der Waals surface area contributed by atoms with E-state index in [-0.39, 0.29) is 42.1 Å². The summed E-state index contributed by atoms with van der Waals surface area (Å²) in [6, 6.07) is 48.8. The topological polar surface area (TPSA) is 214 Å². The molecule has 4 atom stereocenters. The lowest BCUT2D eigenvalue weighted by atomic mass is 9.90. The normalized spacial score (nSPS) is 17.1. The molecule has 6 aromatic carbocycles. The zero-order valence-electron chi connectivity index (χ0n) is 47.7. The molecule has 2 aliphatic rings. The molecule has 0 radical (unpaired) electrons. The molecular formula is C62H76F2N8O9S2. The maximum absolute atomic E-state index is 14.3. The summed E-state index contributed by atoms with van der Waals surface area (Å²) >= 11 is 0. The van der Waals surface area contributed by atoms with E-state index in [2.05, 4.69) is 19.7 Å². The van der Waals surface area contributed by atoms with Crippen LogP contribution in [-0.4, -0.2) is 166 Å². The predicted molar refractivity (Wildman–Crippen MR) is 317 cm³/mol. The molecule has 444 valence electrons. The predicted octanol–water partition coefficient (Wildman–Crippen LogP) is 6.74. The number of nitrogens with one attached hydrogen (secondary N) is 1. The first-order valence-electron chi connectivity index (χ1n) is 27.3. The van der Waals surface area contributed by atoms with Crippen LogP contribution in [0, 0.1) is 11.6 Å². The summed E-state index contributed by atoms with van der Waals surface area (Å²) in [7, 11) is 1.90. The summed E-state index contributed by atoms with van der Waals surface area (Å²) in [5, 5.41) is 14.5. The summed E-state index contributed by atoms with van der Waals surface area (Å²) in [4.78, 5) is 61.1. The van der Waals surface area contributed by atoms with Gasteiger partial charge in [-0.2, -0.15) is 25.4 Å². The zero-order valence-corrected chi connectivity index (χ0v) is 49.4. The molecule has 2 fully saturated rings. The number of halogens is 2. The third-order valence-electron chi connectivity index (χ3n) is 15.0. The van der Waals surface area contributed by atoms with E-state index >= 15 is 0 Å². The van der Waals surface area contributed by atoms with Gasteiger partial charge >= 0.3 is 16.2 Å². The Kier molecular flexibility index (Phi) is 23.7. The van der Waals surface area contributed by atoms with Gasteiger partial charge in [0, 0.05) is 53.4 Å². The molecular weight excluding hydrogens is 1100 g/mol. The largest absolute Gasteiger partial charge is 0.480 e. The first kappa shape index (κ1) is 64.9. The van der Waals surface area contributed by atoms with E-state index in [0.717, 1.165) is 74.2 Å². The average molecular weight is 1180 g/mol. The van der Waals surface area contributed by atoms with Gasteiger partial charge in [-0.1, -0.05) is 146 Å². The number of aliphatic carboxylic acids is 1. The maximum atomic E-state index is 14.3.